The van der Waals surface area contributed by atoms with E-state index in [0.717, 1.165) is 6.42 Å². The maximum absolute atomic E-state index is 2.62. The average molecular weight is 1470 g/mol. The number of fused-ring (bicyclic) bond motifs is 8. The van der Waals surface area contributed by atoms with E-state index in [0.29, 0.717) is 0 Å². The predicted molar refractivity (Wildman–Crippen MR) is 489 cm³/mol. The zero-order valence-corrected chi connectivity index (χ0v) is 71.7. The topological polar surface area (TPSA) is 13.0 Å². The van der Waals surface area contributed by atoms with E-state index in [-0.39, 0.29) is 56.7 Å². The van der Waals surface area contributed by atoms with E-state index < -0.39 is 0 Å². The van der Waals surface area contributed by atoms with Crippen LogP contribution in [0, 0.1) is 13.8 Å². The van der Waals surface area contributed by atoms with Gasteiger partial charge in [0.25, 0.3) is 13.4 Å². The first kappa shape index (κ1) is 76.0. The molecule has 0 bridgehead atoms. The van der Waals surface area contributed by atoms with Gasteiger partial charge < -0.3 is 19.6 Å². The molecule has 4 aliphatic rings. The number of anilines is 12. The summed E-state index contributed by atoms with van der Waals surface area (Å²) < 4.78 is 0. The molecule has 0 saturated carbocycles. The van der Waals surface area contributed by atoms with E-state index in [1.165, 1.54) is 184 Å². The largest absolute Gasteiger partial charge is 0.311 e. The standard InChI is InChI=1S/C106H116B2N4/c1-66-36-47-90-86(50-66)108-87-51-67(2)37-48-91(87)112(96-35-29-34-95(98(96)108)110(90)82-59-75(101(9,10)11)54-76(60-82)102(12,13)14)84-63-79(105(21,22)23)56-80(64-84)106(24,25)65-68-38-40-69(41-39-68)70-42-44-71(45-43-70)72-46-49-92-88(52-72)107-85-30-26-27-31-89(85)109(81-57-73(99(3,4)5)53-74(58-81)100(6,7)8)93-32-28-33-94(97(93)107)111(92)83-61-77(103(15,16)17)55-78(62-83)104(18,19)20/h26-64H,65H2,1-25H3. The molecule has 12 aromatic rings. The Morgan fingerprint density at radius 1 is 0.223 bits per heavy atom. The second kappa shape index (κ2) is 26.5. The Balaban J connectivity index is 0.748. The van der Waals surface area contributed by atoms with Crippen LogP contribution >= 0.6 is 0 Å². The molecular weight excluding hydrogens is 1350 g/mol. The van der Waals surface area contributed by atoms with Crippen molar-refractivity contribution in [2.75, 3.05) is 19.6 Å². The molecule has 0 aliphatic carbocycles. The van der Waals surface area contributed by atoms with Crippen LogP contribution in [-0.4, -0.2) is 13.4 Å². The van der Waals surface area contributed by atoms with Gasteiger partial charge in [0, 0.05) is 68.2 Å². The highest BCUT2D eigenvalue weighted by Crippen LogP contribution is 2.51. The van der Waals surface area contributed by atoms with Crippen LogP contribution in [0.2, 0.25) is 0 Å². The quantitative estimate of drug-likeness (QED) is 0.134. The molecule has 4 nitrogen and oxygen atoms in total. The summed E-state index contributed by atoms with van der Waals surface area (Å²) in [5.41, 5.74) is 41.4. The molecule has 112 heavy (non-hydrogen) atoms. The molecule has 0 amide bonds. The lowest BCUT2D eigenvalue weighted by atomic mass is 9.33. The summed E-state index contributed by atoms with van der Waals surface area (Å²) in [5.74, 6) is 0. The van der Waals surface area contributed by atoms with Crippen molar-refractivity contribution in [3.63, 3.8) is 0 Å². The summed E-state index contributed by atoms with van der Waals surface area (Å²) in [6.45, 7) is 58.9. The molecule has 16 rings (SSSR count). The second-order valence-corrected chi connectivity index (χ2v) is 41.2. The molecule has 0 N–H and O–H groups in total. The molecule has 6 heteroatoms. The highest BCUT2D eigenvalue weighted by atomic mass is 15.2. The van der Waals surface area contributed by atoms with Crippen molar-refractivity contribution in [1.29, 1.82) is 0 Å². The number of hydrogen-bond donors (Lipinski definition) is 0. The van der Waals surface area contributed by atoms with E-state index in [4.69, 9.17) is 0 Å². The third-order valence-corrected chi connectivity index (χ3v) is 24.9. The van der Waals surface area contributed by atoms with Gasteiger partial charge in [-0.1, -0.05) is 310 Å². The smallest absolute Gasteiger partial charge is 0.252 e. The minimum absolute atomic E-state index is 0.0198. The third kappa shape index (κ3) is 13.5. The van der Waals surface area contributed by atoms with Gasteiger partial charge in [-0.2, -0.15) is 0 Å². The molecule has 4 aliphatic heterocycles. The Labute approximate surface area is 672 Å². The SMILES string of the molecule is Cc1ccc2c(c1)B1c3cc(C)ccc3N(c3cc(C(C)(C)C)cc(C(C)(C)Cc4ccc(-c5ccc(-c6ccc7c(c6)B6c8ccccc8N(c8cc(C(C)(C)C)cc(C(C)(C)C)c8)c8cccc(c86)N7c6cc(C(C)(C)C)cc(C(C)(C)C)c6)cc5)cc4)c3)c3cccc(c31)N2c1cc(C(C)(C)C)cc(C(C)(C)C)c1. The van der Waals surface area contributed by atoms with Crippen molar-refractivity contribution in [1.82, 2.24) is 0 Å². The van der Waals surface area contributed by atoms with Gasteiger partial charge in [-0.3, -0.25) is 0 Å². The molecule has 0 saturated heterocycles. The van der Waals surface area contributed by atoms with Crippen molar-refractivity contribution in [2.24, 2.45) is 0 Å². The molecule has 0 fully saturated rings. The fraction of sp³-hybridized carbons (Fsp3) is 0.321. The van der Waals surface area contributed by atoms with Crippen LogP contribution in [0.5, 0.6) is 0 Å². The molecule has 12 aromatic carbocycles. The molecule has 0 aromatic heterocycles. The van der Waals surface area contributed by atoms with Crippen LogP contribution in [0.15, 0.2) is 237 Å². The summed E-state index contributed by atoms with van der Waals surface area (Å²) in [4.78, 5) is 10.4. The van der Waals surface area contributed by atoms with Gasteiger partial charge in [0.15, 0.2) is 0 Å². The van der Waals surface area contributed by atoms with Gasteiger partial charge in [0.2, 0.25) is 0 Å². The zero-order valence-electron chi connectivity index (χ0n) is 71.7. The Hall–Kier alpha value is -10.0. The van der Waals surface area contributed by atoms with Crippen LogP contribution < -0.4 is 52.4 Å². The summed E-state index contributed by atoms with van der Waals surface area (Å²) >= 11 is 0. The second-order valence-electron chi connectivity index (χ2n) is 41.2. The van der Waals surface area contributed by atoms with Crippen LogP contribution in [0.3, 0.4) is 0 Å². The predicted octanol–water partition coefficient (Wildman–Crippen LogP) is 25.4. The summed E-state index contributed by atoms with van der Waals surface area (Å²) in [5, 5.41) is 0. The number of para-hydroxylation sites is 1. The molecule has 566 valence electrons. The van der Waals surface area contributed by atoms with Crippen molar-refractivity contribution in [3.05, 3.63) is 298 Å². The normalized spacial score (nSPS) is 14.2. The monoisotopic (exact) mass is 1470 g/mol. The molecular formula is C106H116B2N4. The fourth-order valence-electron chi connectivity index (χ4n) is 18.0. The molecule has 0 unspecified atom stereocenters. The van der Waals surface area contributed by atoms with Crippen LogP contribution in [-0.2, 0) is 49.7 Å². The van der Waals surface area contributed by atoms with Gasteiger partial charge in [-0.15, -0.1) is 0 Å². The fourth-order valence-corrected chi connectivity index (χ4v) is 18.0. The lowest BCUT2D eigenvalue weighted by molar-refractivity contribution is 0.517. The summed E-state index contributed by atoms with van der Waals surface area (Å²) in [6.07, 6.45) is 0.876. The first-order valence-electron chi connectivity index (χ1n) is 41.2. The third-order valence-electron chi connectivity index (χ3n) is 24.9. The van der Waals surface area contributed by atoms with E-state index in [1.54, 1.807) is 0 Å². The highest BCUT2D eigenvalue weighted by molar-refractivity contribution is 7.01. The maximum Gasteiger partial charge on any atom is 0.252 e. The van der Waals surface area contributed by atoms with Gasteiger partial charge in [0.05, 0.1) is 0 Å². The summed E-state index contributed by atoms with van der Waals surface area (Å²) in [6, 6.07) is 93.6. The lowest BCUT2D eigenvalue weighted by Crippen LogP contribution is -2.61. The number of benzene rings is 12. The van der Waals surface area contributed by atoms with Gasteiger partial charge >= 0.3 is 0 Å². The van der Waals surface area contributed by atoms with Gasteiger partial charge in [-0.05, 0) is 266 Å². The van der Waals surface area contributed by atoms with Crippen molar-refractivity contribution >= 4 is 114 Å². The minimum Gasteiger partial charge on any atom is -0.311 e. The highest BCUT2D eigenvalue weighted by Gasteiger charge is 2.47. The molecule has 0 spiro atoms. The van der Waals surface area contributed by atoms with E-state index in [1.807, 2.05) is 0 Å². The Bertz CT molecular complexity index is 5630. The van der Waals surface area contributed by atoms with E-state index in [2.05, 4.69) is 429 Å². The Morgan fingerprint density at radius 3 is 0.830 bits per heavy atom. The number of nitrogens with zero attached hydrogens (tertiary/aromatic N) is 4. The van der Waals surface area contributed by atoms with Crippen molar-refractivity contribution in [2.45, 2.75) is 223 Å². The molecule has 0 radical (unpaired) electrons. The van der Waals surface area contributed by atoms with Crippen molar-refractivity contribution in [3.8, 4) is 22.3 Å². The van der Waals surface area contributed by atoms with E-state index in [9.17, 15) is 0 Å². The Morgan fingerprint density at radius 2 is 0.482 bits per heavy atom. The maximum atomic E-state index is 2.62. The first-order valence-corrected chi connectivity index (χ1v) is 41.2. The van der Waals surface area contributed by atoms with Crippen LogP contribution in [0.1, 0.15) is 220 Å². The zero-order chi connectivity index (χ0) is 79.8. The van der Waals surface area contributed by atoms with Gasteiger partial charge in [0.1, 0.15) is 0 Å². The minimum atomic E-state index is -0.228. The lowest BCUT2D eigenvalue weighted by Gasteiger charge is -2.45. The average Bonchev–Trinajstić information content (AvgIpc) is 0.702. The number of aryl methyl sites for hydroxylation is 2. The summed E-state index contributed by atoms with van der Waals surface area (Å²) in [7, 11) is 0. The van der Waals surface area contributed by atoms with Crippen LogP contribution in [0.25, 0.3) is 22.3 Å². The molecule has 0 atom stereocenters. The number of rotatable bonds is 9. The number of hydrogen-bond acceptors (Lipinski definition) is 4. The molecule has 4 heterocycles. The van der Waals surface area contributed by atoms with E-state index >= 15 is 0 Å². The van der Waals surface area contributed by atoms with Gasteiger partial charge in [-0.25, -0.2) is 0 Å². The van der Waals surface area contributed by atoms with Crippen LogP contribution in [0.4, 0.5) is 68.2 Å². The Kier molecular flexibility index (Phi) is 18.0. The van der Waals surface area contributed by atoms with Crippen molar-refractivity contribution < 1.29 is 0 Å². The first-order chi connectivity index (χ1) is 52.5.